The summed E-state index contributed by atoms with van der Waals surface area (Å²) >= 11 is 6.38. The normalized spacial score (nSPS) is 24.4. The van der Waals surface area contributed by atoms with Crippen molar-refractivity contribution in [1.82, 2.24) is 14.5 Å². The summed E-state index contributed by atoms with van der Waals surface area (Å²) in [5, 5.41) is -0.0802. The molecule has 114 valence electrons. The Hall–Kier alpha value is -1.09. The Kier molecular flexibility index (Phi) is 4.21. The summed E-state index contributed by atoms with van der Waals surface area (Å²) in [7, 11) is 0. The van der Waals surface area contributed by atoms with Gasteiger partial charge >= 0.3 is 0 Å². The van der Waals surface area contributed by atoms with Crippen molar-refractivity contribution in [3.05, 3.63) is 23.7 Å². The van der Waals surface area contributed by atoms with Crippen LogP contribution in [0.2, 0.25) is 0 Å². The van der Waals surface area contributed by atoms with Crippen molar-refractivity contribution in [2.24, 2.45) is 5.92 Å². The first-order valence-electron chi connectivity index (χ1n) is 8.08. The SMILES string of the molecule is CCC1CCC(n2c(C(C)Cl)nc3cc(C)cnc32)CC1. The number of imidazole rings is 1. The zero-order chi connectivity index (χ0) is 15.0. The fourth-order valence-electron chi connectivity index (χ4n) is 3.55. The molecule has 0 N–H and O–H groups in total. The van der Waals surface area contributed by atoms with Crippen LogP contribution >= 0.6 is 11.6 Å². The molecule has 0 bridgehead atoms. The molecule has 21 heavy (non-hydrogen) atoms. The Bertz CT molecular complexity index is 624. The second kappa shape index (κ2) is 5.96. The number of hydrogen-bond acceptors (Lipinski definition) is 2. The molecule has 1 atom stereocenters. The maximum atomic E-state index is 6.38. The first kappa shape index (κ1) is 14.8. The van der Waals surface area contributed by atoms with Crippen LogP contribution in [0.25, 0.3) is 11.2 Å². The van der Waals surface area contributed by atoms with Crippen molar-refractivity contribution in [2.45, 2.75) is 64.3 Å². The Morgan fingerprint density at radius 2 is 2.05 bits per heavy atom. The van der Waals surface area contributed by atoms with Crippen LogP contribution in [0.3, 0.4) is 0 Å². The molecule has 0 radical (unpaired) electrons. The summed E-state index contributed by atoms with van der Waals surface area (Å²) < 4.78 is 2.32. The second-order valence-corrected chi connectivity index (χ2v) is 7.05. The van der Waals surface area contributed by atoms with E-state index < -0.39 is 0 Å². The van der Waals surface area contributed by atoms with Gasteiger partial charge in [-0.05, 0) is 57.1 Å². The van der Waals surface area contributed by atoms with Crippen LogP contribution in [0.4, 0.5) is 0 Å². The van der Waals surface area contributed by atoms with E-state index in [-0.39, 0.29) is 5.38 Å². The second-order valence-electron chi connectivity index (χ2n) is 6.39. The Labute approximate surface area is 131 Å². The van der Waals surface area contributed by atoms with Crippen LogP contribution in [0.1, 0.15) is 68.8 Å². The molecule has 0 aliphatic heterocycles. The molecule has 3 rings (SSSR count). The Morgan fingerprint density at radius 3 is 2.67 bits per heavy atom. The minimum atomic E-state index is -0.0802. The van der Waals surface area contributed by atoms with Gasteiger partial charge in [0.25, 0.3) is 0 Å². The third kappa shape index (κ3) is 2.80. The number of pyridine rings is 1. The number of alkyl halides is 1. The van der Waals surface area contributed by atoms with Gasteiger partial charge in [-0.25, -0.2) is 9.97 Å². The summed E-state index contributed by atoms with van der Waals surface area (Å²) in [6, 6.07) is 2.61. The number of fused-ring (bicyclic) bond motifs is 1. The molecule has 1 aliphatic carbocycles. The smallest absolute Gasteiger partial charge is 0.160 e. The maximum Gasteiger partial charge on any atom is 0.160 e. The lowest BCUT2D eigenvalue weighted by molar-refractivity contribution is 0.269. The summed E-state index contributed by atoms with van der Waals surface area (Å²) in [5.74, 6) is 1.87. The highest BCUT2D eigenvalue weighted by Gasteiger charge is 2.26. The average Bonchev–Trinajstić information content (AvgIpc) is 2.86. The highest BCUT2D eigenvalue weighted by molar-refractivity contribution is 6.20. The number of rotatable bonds is 3. The molecule has 0 aromatic carbocycles. The van der Waals surface area contributed by atoms with Crippen LogP contribution in [0.5, 0.6) is 0 Å². The molecule has 1 fully saturated rings. The quantitative estimate of drug-likeness (QED) is 0.731. The van der Waals surface area contributed by atoms with E-state index in [0.29, 0.717) is 6.04 Å². The van der Waals surface area contributed by atoms with Crippen LogP contribution in [0.15, 0.2) is 12.3 Å². The van der Waals surface area contributed by atoms with Crippen molar-refractivity contribution in [3.8, 4) is 0 Å². The van der Waals surface area contributed by atoms with Crippen LogP contribution < -0.4 is 0 Å². The van der Waals surface area contributed by atoms with Crippen molar-refractivity contribution in [3.63, 3.8) is 0 Å². The Morgan fingerprint density at radius 1 is 1.33 bits per heavy atom. The zero-order valence-electron chi connectivity index (χ0n) is 13.1. The van der Waals surface area contributed by atoms with Crippen LogP contribution in [-0.2, 0) is 0 Å². The summed E-state index contributed by atoms with van der Waals surface area (Å²) in [6.07, 6.45) is 8.28. The molecule has 1 saturated carbocycles. The minimum Gasteiger partial charge on any atom is -0.308 e. The molecule has 0 spiro atoms. The van der Waals surface area contributed by atoms with Gasteiger partial charge in [-0.3, -0.25) is 0 Å². The summed E-state index contributed by atoms with van der Waals surface area (Å²) in [6.45, 7) is 6.36. The van der Waals surface area contributed by atoms with Gasteiger partial charge < -0.3 is 4.57 Å². The molecular formula is C17H24ClN3. The lowest BCUT2D eigenvalue weighted by Gasteiger charge is -2.30. The van der Waals surface area contributed by atoms with Gasteiger partial charge in [0.15, 0.2) is 5.65 Å². The summed E-state index contributed by atoms with van der Waals surface area (Å²) in [4.78, 5) is 9.40. The van der Waals surface area contributed by atoms with Gasteiger partial charge in [-0.2, -0.15) is 0 Å². The van der Waals surface area contributed by atoms with Gasteiger partial charge in [0.2, 0.25) is 0 Å². The van der Waals surface area contributed by atoms with Gasteiger partial charge in [0.05, 0.1) is 5.38 Å². The number of halogens is 1. The first-order chi connectivity index (χ1) is 10.1. The lowest BCUT2D eigenvalue weighted by Crippen LogP contribution is -2.20. The average molecular weight is 306 g/mol. The van der Waals surface area contributed by atoms with E-state index in [9.17, 15) is 0 Å². The monoisotopic (exact) mass is 305 g/mol. The lowest BCUT2D eigenvalue weighted by atomic mass is 9.84. The van der Waals surface area contributed by atoms with Crippen molar-refractivity contribution in [1.29, 1.82) is 0 Å². The van der Waals surface area contributed by atoms with Gasteiger partial charge in [0.1, 0.15) is 11.3 Å². The van der Waals surface area contributed by atoms with E-state index in [2.05, 4.69) is 29.5 Å². The predicted octanol–water partition coefficient (Wildman–Crippen LogP) is 5.18. The summed E-state index contributed by atoms with van der Waals surface area (Å²) in [5.41, 5.74) is 3.13. The number of hydrogen-bond donors (Lipinski definition) is 0. The maximum absolute atomic E-state index is 6.38. The fraction of sp³-hybridized carbons (Fsp3) is 0.647. The fourth-order valence-corrected chi connectivity index (χ4v) is 3.71. The highest BCUT2D eigenvalue weighted by Crippen LogP contribution is 2.37. The predicted molar refractivity (Wildman–Crippen MR) is 87.8 cm³/mol. The standard InChI is InChI=1S/C17H24ClN3/c1-4-13-5-7-14(8-6-13)21-16(12(3)18)20-15-9-11(2)10-19-17(15)21/h9-10,12-14H,4-8H2,1-3H3. The third-order valence-corrected chi connectivity index (χ3v) is 5.00. The molecule has 0 saturated heterocycles. The molecule has 1 aliphatic rings. The molecule has 0 amide bonds. The van der Waals surface area contributed by atoms with Gasteiger partial charge in [0, 0.05) is 12.2 Å². The van der Waals surface area contributed by atoms with Crippen LogP contribution in [-0.4, -0.2) is 14.5 Å². The molecule has 2 aromatic rings. The number of aromatic nitrogens is 3. The molecular weight excluding hydrogens is 282 g/mol. The van der Waals surface area contributed by atoms with E-state index in [0.717, 1.165) is 28.5 Å². The Balaban J connectivity index is 2.02. The zero-order valence-corrected chi connectivity index (χ0v) is 13.9. The van der Waals surface area contributed by atoms with Crippen LogP contribution in [0, 0.1) is 12.8 Å². The first-order valence-corrected chi connectivity index (χ1v) is 8.52. The molecule has 2 aromatic heterocycles. The van der Waals surface area contributed by atoms with E-state index >= 15 is 0 Å². The molecule has 4 heteroatoms. The number of nitrogens with zero attached hydrogens (tertiary/aromatic N) is 3. The van der Waals surface area contributed by atoms with Crippen molar-refractivity contribution >= 4 is 22.8 Å². The van der Waals surface area contributed by atoms with E-state index in [1.165, 1.54) is 32.1 Å². The van der Waals surface area contributed by atoms with Crippen molar-refractivity contribution in [2.75, 3.05) is 0 Å². The van der Waals surface area contributed by atoms with E-state index in [1.54, 1.807) is 0 Å². The third-order valence-electron chi connectivity index (χ3n) is 4.81. The van der Waals surface area contributed by atoms with Crippen molar-refractivity contribution < 1.29 is 0 Å². The number of aryl methyl sites for hydroxylation is 1. The minimum absolute atomic E-state index is 0.0802. The largest absolute Gasteiger partial charge is 0.308 e. The van der Waals surface area contributed by atoms with E-state index in [1.807, 2.05) is 13.1 Å². The topological polar surface area (TPSA) is 30.7 Å². The molecule has 2 heterocycles. The van der Waals surface area contributed by atoms with E-state index in [4.69, 9.17) is 16.6 Å². The van der Waals surface area contributed by atoms with Gasteiger partial charge in [-0.15, -0.1) is 11.6 Å². The highest BCUT2D eigenvalue weighted by atomic mass is 35.5. The molecule has 3 nitrogen and oxygen atoms in total. The molecule has 1 unspecified atom stereocenters. The van der Waals surface area contributed by atoms with Gasteiger partial charge in [-0.1, -0.05) is 13.3 Å².